The Morgan fingerprint density at radius 2 is 1.91 bits per heavy atom. The zero-order valence-corrected chi connectivity index (χ0v) is 12.1. The van der Waals surface area contributed by atoms with Crippen molar-refractivity contribution < 1.29 is 23.9 Å². The topological polar surface area (TPSA) is 126 Å². The van der Waals surface area contributed by atoms with E-state index >= 15 is 0 Å². The van der Waals surface area contributed by atoms with Gasteiger partial charge < -0.3 is 9.79 Å². The molecule has 2 aromatic rings. The molecule has 1 aromatic carbocycles. The molecule has 2 N–H and O–H groups in total. The van der Waals surface area contributed by atoms with Gasteiger partial charge in [-0.15, -0.1) is 5.10 Å². The molecule has 2 heterocycles. The summed E-state index contributed by atoms with van der Waals surface area (Å²) in [4.78, 5) is 42.9. The van der Waals surface area contributed by atoms with Crippen molar-refractivity contribution >= 4 is 25.0 Å². The van der Waals surface area contributed by atoms with Gasteiger partial charge in [0.25, 0.3) is 11.7 Å². The normalized spacial score (nSPS) is 14.5. The van der Waals surface area contributed by atoms with Crippen LogP contribution in [0.1, 0.15) is 16.1 Å². The smallest absolute Gasteiger partial charge is 0.323 e. The monoisotopic (exact) mass is 322 g/mol. The Morgan fingerprint density at radius 3 is 2.64 bits per heavy atom. The Morgan fingerprint density at radius 1 is 1.18 bits per heavy atom. The molecular weight excluding hydrogens is 311 g/mol. The van der Waals surface area contributed by atoms with Gasteiger partial charge in [0.1, 0.15) is 12.0 Å². The third kappa shape index (κ3) is 2.69. The highest BCUT2D eigenvalue weighted by Crippen LogP contribution is 2.36. The van der Waals surface area contributed by atoms with E-state index in [0.717, 1.165) is 4.68 Å². The lowest BCUT2D eigenvalue weighted by Gasteiger charge is -2.14. The quantitative estimate of drug-likeness (QED) is 0.606. The maximum atomic E-state index is 12.0. The fourth-order valence-corrected chi connectivity index (χ4v) is 2.75. The standard InChI is InChI=1S/C12H11N4O5P/c17-11-9-3-1-2-4-10(9)16(12(11)18)6-8-5-15(14-13-8)7-22(19,20)21/h1-5H,6-7H2,(H2,19,20,21). The summed E-state index contributed by atoms with van der Waals surface area (Å²) in [7, 11) is -4.26. The Kier molecular flexibility index (Phi) is 3.40. The third-order valence-corrected chi connectivity index (χ3v) is 3.77. The predicted octanol–water partition coefficient (Wildman–Crippen LogP) is 0.143. The molecule has 3 rings (SSSR count). The summed E-state index contributed by atoms with van der Waals surface area (Å²) in [5.74, 6) is -1.25. The first kappa shape index (κ1) is 14.6. The number of nitrogens with zero attached hydrogens (tertiary/aromatic N) is 4. The first-order chi connectivity index (χ1) is 10.3. The molecule has 114 valence electrons. The van der Waals surface area contributed by atoms with Crippen molar-refractivity contribution in [3.8, 4) is 0 Å². The van der Waals surface area contributed by atoms with Crippen LogP contribution in [0, 0.1) is 0 Å². The van der Waals surface area contributed by atoms with Crippen LogP contribution in [-0.2, 0) is 22.2 Å². The summed E-state index contributed by atoms with van der Waals surface area (Å²) >= 11 is 0. The van der Waals surface area contributed by atoms with Crippen molar-refractivity contribution in [2.45, 2.75) is 12.8 Å². The zero-order valence-electron chi connectivity index (χ0n) is 11.2. The molecule has 0 spiro atoms. The molecule has 0 bridgehead atoms. The van der Waals surface area contributed by atoms with Gasteiger partial charge in [-0.2, -0.15) is 0 Å². The Hall–Kier alpha value is -2.35. The highest BCUT2D eigenvalue weighted by Gasteiger charge is 2.35. The molecule has 0 radical (unpaired) electrons. The first-order valence-corrected chi connectivity index (χ1v) is 8.04. The van der Waals surface area contributed by atoms with Crippen LogP contribution < -0.4 is 4.90 Å². The lowest BCUT2D eigenvalue weighted by molar-refractivity contribution is -0.114. The number of aromatic nitrogens is 3. The number of fused-ring (bicyclic) bond motifs is 1. The molecule has 0 saturated carbocycles. The molecule has 22 heavy (non-hydrogen) atoms. The van der Waals surface area contributed by atoms with E-state index in [4.69, 9.17) is 9.79 Å². The zero-order chi connectivity index (χ0) is 15.9. The number of hydrogen-bond acceptors (Lipinski definition) is 5. The van der Waals surface area contributed by atoms with E-state index in [1.54, 1.807) is 24.3 Å². The minimum absolute atomic E-state index is 0.00272. The average Bonchev–Trinajstić information content (AvgIpc) is 2.96. The number of rotatable bonds is 4. The van der Waals surface area contributed by atoms with Crippen LogP contribution in [0.2, 0.25) is 0 Å². The summed E-state index contributed by atoms with van der Waals surface area (Å²) in [5.41, 5.74) is 1.14. The van der Waals surface area contributed by atoms with Crippen LogP contribution in [0.15, 0.2) is 30.5 Å². The number of benzene rings is 1. The number of amides is 1. The molecule has 0 saturated heterocycles. The minimum Gasteiger partial charge on any atom is -0.323 e. The van der Waals surface area contributed by atoms with Gasteiger partial charge in [-0.1, -0.05) is 17.3 Å². The van der Waals surface area contributed by atoms with Gasteiger partial charge in [0.05, 0.1) is 24.0 Å². The van der Waals surface area contributed by atoms with E-state index in [0.29, 0.717) is 16.9 Å². The molecule has 9 nitrogen and oxygen atoms in total. The van der Waals surface area contributed by atoms with Gasteiger partial charge in [0.2, 0.25) is 0 Å². The maximum absolute atomic E-state index is 12.0. The van der Waals surface area contributed by atoms with E-state index in [1.165, 1.54) is 11.1 Å². The molecule has 10 heteroatoms. The average molecular weight is 322 g/mol. The molecule has 0 fully saturated rings. The summed E-state index contributed by atoms with van der Waals surface area (Å²) in [6, 6.07) is 6.60. The number of para-hydroxylation sites is 1. The second-order valence-electron chi connectivity index (χ2n) is 4.79. The Labute approximate surface area is 124 Å². The van der Waals surface area contributed by atoms with Crippen LogP contribution in [0.5, 0.6) is 0 Å². The second-order valence-corrected chi connectivity index (χ2v) is 6.41. The number of Topliss-reactive ketones (excluding diaryl/α,β-unsaturated/α-hetero) is 1. The number of ketones is 1. The highest BCUT2D eigenvalue weighted by molar-refractivity contribution is 7.50. The predicted molar refractivity (Wildman–Crippen MR) is 74.0 cm³/mol. The lowest BCUT2D eigenvalue weighted by atomic mass is 10.1. The molecule has 1 amide bonds. The number of carbonyl (C=O) groups is 2. The fourth-order valence-electron chi connectivity index (χ4n) is 2.24. The van der Waals surface area contributed by atoms with Crippen molar-refractivity contribution in [3.63, 3.8) is 0 Å². The van der Waals surface area contributed by atoms with Gasteiger partial charge in [0, 0.05) is 0 Å². The first-order valence-electron chi connectivity index (χ1n) is 6.24. The third-order valence-electron chi connectivity index (χ3n) is 3.11. The van der Waals surface area contributed by atoms with E-state index in [9.17, 15) is 14.2 Å². The molecular formula is C12H11N4O5P. The van der Waals surface area contributed by atoms with Crippen LogP contribution in [0.4, 0.5) is 5.69 Å². The number of anilines is 1. The van der Waals surface area contributed by atoms with Crippen LogP contribution in [0.25, 0.3) is 0 Å². The highest BCUT2D eigenvalue weighted by atomic mass is 31.2. The molecule has 0 unspecified atom stereocenters. The molecule has 0 atom stereocenters. The van der Waals surface area contributed by atoms with Gasteiger partial charge in [0.15, 0.2) is 0 Å². The largest absolute Gasteiger partial charge is 0.346 e. The minimum atomic E-state index is -4.26. The number of carbonyl (C=O) groups excluding carboxylic acids is 2. The van der Waals surface area contributed by atoms with Gasteiger partial charge in [-0.25, -0.2) is 4.68 Å². The number of hydrogen-bond donors (Lipinski definition) is 2. The maximum Gasteiger partial charge on any atom is 0.346 e. The summed E-state index contributed by atoms with van der Waals surface area (Å²) in [6.07, 6.45) is 0.737. The van der Waals surface area contributed by atoms with E-state index < -0.39 is 25.6 Å². The summed E-state index contributed by atoms with van der Waals surface area (Å²) in [5, 5.41) is 7.36. The van der Waals surface area contributed by atoms with Crippen molar-refractivity contribution in [1.29, 1.82) is 0 Å². The van der Waals surface area contributed by atoms with Crippen molar-refractivity contribution in [3.05, 3.63) is 41.7 Å². The van der Waals surface area contributed by atoms with E-state index in [2.05, 4.69) is 10.3 Å². The SMILES string of the molecule is O=C1C(=O)N(Cc2cn(CP(=O)(O)O)nn2)c2ccccc21. The van der Waals surface area contributed by atoms with E-state index in [1.807, 2.05) is 0 Å². The fraction of sp³-hybridized carbons (Fsp3) is 0.167. The van der Waals surface area contributed by atoms with Crippen LogP contribution in [0.3, 0.4) is 0 Å². The Balaban J connectivity index is 1.84. The second kappa shape index (κ2) is 5.13. The summed E-state index contributed by atoms with van der Waals surface area (Å²) in [6.45, 7) is 0.00272. The summed E-state index contributed by atoms with van der Waals surface area (Å²) < 4.78 is 11.9. The van der Waals surface area contributed by atoms with Gasteiger partial charge >= 0.3 is 7.60 Å². The van der Waals surface area contributed by atoms with Crippen molar-refractivity contribution in [1.82, 2.24) is 15.0 Å². The molecule has 1 aliphatic heterocycles. The molecule has 1 aliphatic rings. The van der Waals surface area contributed by atoms with Crippen molar-refractivity contribution in [2.24, 2.45) is 0 Å². The van der Waals surface area contributed by atoms with Crippen LogP contribution in [-0.4, -0.2) is 36.5 Å². The van der Waals surface area contributed by atoms with E-state index in [-0.39, 0.29) is 6.54 Å². The Bertz CT molecular complexity index is 811. The molecule has 1 aromatic heterocycles. The van der Waals surface area contributed by atoms with Crippen molar-refractivity contribution in [2.75, 3.05) is 4.90 Å². The molecule has 0 aliphatic carbocycles. The van der Waals surface area contributed by atoms with Gasteiger partial charge in [-0.3, -0.25) is 19.1 Å². The van der Waals surface area contributed by atoms with Crippen LogP contribution >= 0.6 is 7.60 Å². The van der Waals surface area contributed by atoms with Gasteiger partial charge in [-0.05, 0) is 12.1 Å². The lowest BCUT2D eigenvalue weighted by Crippen LogP contribution is -2.29.